The number of ether oxygens (including phenoxy) is 1. The minimum absolute atomic E-state index is 0.124. The number of hydrogen-bond acceptors (Lipinski definition) is 3. The molecule has 1 aromatic rings. The highest BCUT2D eigenvalue weighted by molar-refractivity contribution is 5.78. The van der Waals surface area contributed by atoms with Crippen LogP contribution < -0.4 is 0 Å². The van der Waals surface area contributed by atoms with Crippen molar-refractivity contribution in [3.8, 4) is 0 Å². The summed E-state index contributed by atoms with van der Waals surface area (Å²) in [6, 6.07) is 10.8. The van der Waals surface area contributed by atoms with Crippen molar-refractivity contribution < 1.29 is 9.53 Å². The Bertz CT molecular complexity index is 525. The predicted octanol–water partition coefficient (Wildman–Crippen LogP) is 2.94. The van der Waals surface area contributed by atoms with E-state index in [0.29, 0.717) is 6.04 Å². The molecule has 0 amide bonds. The van der Waals surface area contributed by atoms with Crippen molar-refractivity contribution in [1.82, 2.24) is 4.90 Å². The molecule has 0 N–H and O–H groups in total. The minimum atomic E-state index is -0.165. The monoisotopic (exact) mass is 271 g/mol. The lowest BCUT2D eigenvalue weighted by molar-refractivity contribution is -0.149. The number of nitrogens with zero attached hydrogens (tertiary/aromatic N) is 1. The van der Waals surface area contributed by atoms with Gasteiger partial charge < -0.3 is 4.74 Å². The van der Waals surface area contributed by atoms with E-state index < -0.39 is 0 Å². The van der Waals surface area contributed by atoms with Crippen LogP contribution in [0.2, 0.25) is 0 Å². The van der Waals surface area contributed by atoms with Gasteiger partial charge in [-0.2, -0.15) is 0 Å². The summed E-state index contributed by atoms with van der Waals surface area (Å²) in [5, 5.41) is 0. The fraction of sp³-hybridized carbons (Fsp3) is 0.471. The maximum absolute atomic E-state index is 12.2. The van der Waals surface area contributed by atoms with Crippen LogP contribution in [0.5, 0.6) is 0 Å². The van der Waals surface area contributed by atoms with Gasteiger partial charge in [0, 0.05) is 18.0 Å². The second-order valence-electron chi connectivity index (χ2n) is 5.86. The van der Waals surface area contributed by atoms with Crippen LogP contribution in [0.1, 0.15) is 31.4 Å². The number of methoxy groups -OCH3 is 1. The number of piperidine rings is 1. The van der Waals surface area contributed by atoms with Crippen molar-refractivity contribution >= 4 is 5.97 Å². The standard InChI is InChI=1S/C17H21NO2/c1-11-9-14-10-15(11)16(17(19)20-3)18(14)12(2)13-7-5-4-6-8-13/h4-8,12,14-16H,1,9-10H2,2-3H3/t12-,14-,15-,16+/m1/s1. The van der Waals surface area contributed by atoms with Gasteiger partial charge in [0.05, 0.1) is 7.11 Å². The third kappa shape index (κ3) is 1.97. The Morgan fingerprint density at radius 2 is 2.10 bits per heavy atom. The topological polar surface area (TPSA) is 29.5 Å². The van der Waals surface area contributed by atoms with Gasteiger partial charge in [0.1, 0.15) is 6.04 Å². The van der Waals surface area contributed by atoms with E-state index in [9.17, 15) is 4.79 Å². The van der Waals surface area contributed by atoms with E-state index in [1.165, 1.54) is 18.2 Å². The molecule has 2 bridgehead atoms. The zero-order valence-corrected chi connectivity index (χ0v) is 12.1. The van der Waals surface area contributed by atoms with E-state index >= 15 is 0 Å². The van der Waals surface area contributed by atoms with Gasteiger partial charge in [-0.25, -0.2) is 0 Å². The van der Waals surface area contributed by atoms with Gasteiger partial charge in [-0.1, -0.05) is 42.5 Å². The number of carbonyl (C=O) groups excluding carboxylic acids is 1. The number of hydrogen-bond donors (Lipinski definition) is 0. The minimum Gasteiger partial charge on any atom is -0.468 e. The molecule has 1 heterocycles. The molecule has 1 aliphatic carbocycles. The van der Waals surface area contributed by atoms with E-state index in [1.807, 2.05) is 18.2 Å². The molecule has 2 aliphatic rings. The second kappa shape index (κ2) is 5.06. The van der Waals surface area contributed by atoms with E-state index in [2.05, 4.69) is 30.5 Å². The molecule has 3 rings (SSSR count). The zero-order valence-electron chi connectivity index (χ0n) is 12.1. The molecular weight excluding hydrogens is 250 g/mol. The maximum atomic E-state index is 12.2. The molecule has 106 valence electrons. The van der Waals surface area contributed by atoms with Crippen LogP contribution in [-0.4, -0.2) is 30.1 Å². The first kappa shape index (κ1) is 13.4. The third-order valence-corrected chi connectivity index (χ3v) is 4.84. The SMILES string of the molecule is C=C1C[C@@H]2C[C@H]1[C@@H](C(=O)OC)N2[C@H](C)c1ccccc1. The number of carbonyl (C=O) groups is 1. The molecule has 1 saturated carbocycles. The molecule has 0 unspecified atom stereocenters. The van der Waals surface area contributed by atoms with Crippen LogP contribution in [0.4, 0.5) is 0 Å². The normalized spacial score (nSPS) is 30.5. The van der Waals surface area contributed by atoms with Crippen LogP contribution >= 0.6 is 0 Å². The predicted molar refractivity (Wildman–Crippen MR) is 78.2 cm³/mol. The van der Waals surface area contributed by atoms with Crippen LogP contribution in [0.15, 0.2) is 42.5 Å². The molecule has 0 aromatic heterocycles. The highest BCUT2D eigenvalue weighted by Gasteiger charge is 2.53. The van der Waals surface area contributed by atoms with Crippen molar-refractivity contribution in [1.29, 1.82) is 0 Å². The summed E-state index contributed by atoms with van der Waals surface area (Å²) >= 11 is 0. The van der Waals surface area contributed by atoms with Crippen molar-refractivity contribution in [3.63, 3.8) is 0 Å². The number of likely N-dealkylation sites (tertiary alicyclic amines) is 1. The van der Waals surface area contributed by atoms with E-state index in [4.69, 9.17) is 4.74 Å². The zero-order chi connectivity index (χ0) is 14.3. The average Bonchev–Trinajstić information content (AvgIpc) is 3.03. The van der Waals surface area contributed by atoms with Gasteiger partial charge >= 0.3 is 5.97 Å². The first-order valence-electron chi connectivity index (χ1n) is 7.21. The smallest absolute Gasteiger partial charge is 0.323 e. The molecule has 0 radical (unpaired) electrons. The summed E-state index contributed by atoms with van der Waals surface area (Å²) in [7, 11) is 1.47. The quantitative estimate of drug-likeness (QED) is 0.625. The van der Waals surface area contributed by atoms with Crippen molar-refractivity contribution in [2.24, 2.45) is 5.92 Å². The summed E-state index contributed by atoms with van der Waals surface area (Å²) in [4.78, 5) is 14.5. The Balaban J connectivity index is 1.91. The summed E-state index contributed by atoms with van der Waals surface area (Å²) < 4.78 is 5.03. The summed E-state index contributed by atoms with van der Waals surface area (Å²) in [6.45, 7) is 6.31. The van der Waals surface area contributed by atoms with Gasteiger partial charge in [-0.3, -0.25) is 9.69 Å². The van der Waals surface area contributed by atoms with Gasteiger partial charge in [0.15, 0.2) is 0 Å². The molecule has 3 nitrogen and oxygen atoms in total. The van der Waals surface area contributed by atoms with Crippen LogP contribution in [0, 0.1) is 5.92 Å². The molecule has 3 heteroatoms. The molecule has 2 fully saturated rings. The van der Waals surface area contributed by atoms with Crippen LogP contribution in [-0.2, 0) is 9.53 Å². The molecular formula is C17H21NO2. The van der Waals surface area contributed by atoms with E-state index in [0.717, 1.165) is 12.8 Å². The highest BCUT2D eigenvalue weighted by atomic mass is 16.5. The summed E-state index contributed by atoms with van der Waals surface area (Å²) in [5.74, 6) is 0.139. The summed E-state index contributed by atoms with van der Waals surface area (Å²) in [6.07, 6.45) is 2.05. The van der Waals surface area contributed by atoms with Gasteiger partial charge in [0.2, 0.25) is 0 Å². The molecule has 20 heavy (non-hydrogen) atoms. The largest absolute Gasteiger partial charge is 0.468 e. The summed E-state index contributed by atoms with van der Waals surface area (Å²) in [5.41, 5.74) is 2.46. The van der Waals surface area contributed by atoms with E-state index in [-0.39, 0.29) is 24.0 Å². The van der Waals surface area contributed by atoms with Crippen molar-refractivity contribution in [2.45, 2.75) is 37.9 Å². The number of benzene rings is 1. The fourth-order valence-corrected chi connectivity index (χ4v) is 3.88. The molecule has 1 saturated heterocycles. The van der Waals surface area contributed by atoms with Crippen LogP contribution in [0.25, 0.3) is 0 Å². The Morgan fingerprint density at radius 3 is 2.75 bits per heavy atom. The molecule has 0 spiro atoms. The van der Waals surface area contributed by atoms with Crippen LogP contribution in [0.3, 0.4) is 0 Å². The fourth-order valence-electron chi connectivity index (χ4n) is 3.88. The Hall–Kier alpha value is -1.61. The van der Waals surface area contributed by atoms with Crippen molar-refractivity contribution in [3.05, 3.63) is 48.0 Å². The number of fused-ring (bicyclic) bond motifs is 2. The first-order chi connectivity index (χ1) is 9.63. The Morgan fingerprint density at radius 1 is 1.40 bits per heavy atom. The first-order valence-corrected chi connectivity index (χ1v) is 7.21. The van der Waals surface area contributed by atoms with Crippen molar-refractivity contribution in [2.75, 3.05) is 7.11 Å². The Kier molecular flexibility index (Phi) is 3.38. The lowest BCUT2D eigenvalue weighted by Gasteiger charge is -2.38. The lowest BCUT2D eigenvalue weighted by Crippen LogP contribution is -2.47. The number of rotatable bonds is 3. The number of esters is 1. The van der Waals surface area contributed by atoms with Gasteiger partial charge in [-0.05, 0) is 25.3 Å². The maximum Gasteiger partial charge on any atom is 0.323 e. The molecule has 4 atom stereocenters. The Labute approximate surface area is 120 Å². The average molecular weight is 271 g/mol. The second-order valence-corrected chi connectivity index (χ2v) is 5.86. The lowest BCUT2D eigenvalue weighted by atomic mass is 9.92. The van der Waals surface area contributed by atoms with Gasteiger partial charge in [0.25, 0.3) is 0 Å². The molecule has 1 aliphatic heterocycles. The highest BCUT2D eigenvalue weighted by Crippen LogP contribution is 2.49. The van der Waals surface area contributed by atoms with E-state index in [1.54, 1.807) is 0 Å². The molecule has 1 aromatic carbocycles. The van der Waals surface area contributed by atoms with Gasteiger partial charge in [-0.15, -0.1) is 0 Å². The third-order valence-electron chi connectivity index (χ3n) is 4.84.